The van der Waals surface area contributed by atoms with Crippen LogP contribution < -0.4 is 4.72 Å². The van der Waals surface area contributed by atoms with E-state index in [1.807, 2.05) is 0 Å². The van der Waals surface area contributed by atoms with Crippen molar-refractivity contribution in [2.45, 2.75) is 11.1 Å². The number of hydrogen-bond donors (Lipinski definition) is 1. The number of benzene rings is 2. The molecule has 3 aromatic rings. The van der Waals surface area contributed by atoms with E-state index in [1.165, 1.54) is 28.9 Å². The van der Waals surface area contributed by atoms with Gasteiger partial charge in [0.15, 0.2) is 5.82 Å². The number of anilines is 1. The first-order valence-electron chi connectivity index (χ1n) is 7.20. The molecule has 1 heterocycles. The van der Waals surface area contributed by atoms with Gasteiger partial charge < -0.3 is 0 Å². The van der Waals surface area contributed by atoms with Gasteiger partial charge in [-0.05, 0) is 34.7 Å². The molecule has 3 rings (SSSR count). The first-order valence-corrected chi connectivity index (χ1v) is 8.68. The second kappa shape index (κ2) is 6.41. The summed E-state index contributed by atoms with van der Waals surface area (Å²) in [5, 5.41) is 11.0. The van der Waals surface area contributed by atoms with Crippen LogP contribution in [0, 0.1) is 0 Å². The van der Waals surface area contributed by atoms with Crippen molar-refractivity contribution in [2.75, 3.05) is 4.72 Å². The fourth-order valence-corrected chi connectivity index (χ4v) is 3.62. The topological polar surface area (TPSA) is 89.8 Å². The van der Waals surface area contributed by atoms with Crippen molar-refractivity contribution in [1.29, 1.82) is 0 Å². The highest BCUT2D eigenvalue weighted by Gasteiger charge is 2.36. The summed E-state index contributed by atoms with van der Waals surface area (Å²) in [5.41, 5.74) is -0.648. The van der Waals surface area contributed by atoms with Crippen molar-refractivity contribution >= 4 is 15.7 Å². The summed E-state index contributed by atoms with van der Waals surface area (Å²) >= 11 is 0. The maximum Gasteiger partial charge on any atom is 0.417 e. The highest BCUT2D eigenvalue weighted by molar-refractivity contribution is 7.92. The quantitative estimate of drug-likeness (QED) is 0.748. The lowest BCUT2D eigenvalue weighted by Crippen LogP contribution is -2.18. The Morgan fingerprint density at radius 2 is 1.81 bits per heavy atom. The second-order valence-electron chi connectivity index (χ2n) is 5.31. The molecule has 0 spiro atoms. The van der Waals surface area contributed by atoms with E-state index in [4.69, 9.17) is 0 Å². The summed E-state index contributed by atoms with van der Waals surface area (Å²) < 4.78 is 67.8. The molecule has 7 nitrogen and oxygen atoms in total. The van der Waals surface area contributed by atoms with Gasteiger partial charge in [0.05, 0.1) is 10.5 Å². The van der Waals surface area contributed by atoms with Crippen LogP contribution in [0.25, 0.3) is 11.4 Å². The molecule has 26 heavy (non-hydrogen) atoms. The molecule has 0 bridgehead atoms. The minimum Gasteiger partial charge on any atom is -0.280 e. The number of aryl methyl sites for hydroxylation is 1. The van der Waals surface area contributed by atoms with Crippen LogP contribution in [0.4, 0.5) is 18.9 Å². The van der Waals surface area contributed by atoms with Crippen molar-refractivity contribution in [2.24, 2.45) is 7.05 Å². The summed E-state index contributed by atoms with van der Waals surface area (Å²) in [6.45, 7) is 0. The Kier molecular flexibility index (Phi) is 4.40. The lowest BCUT2D eigenvalue weighted by atomic mass is 10.2. The molecule has 11 heteroatoms. The molecule has 0 fully saturated rings. The van der Waals surface area contributed by atoms with Crippen molar-refractivity contribution < 1.29 is 21.6 Å². The summed E-state index contributed by atoms with van der Waals surface area (Å²) in [7, 11) is -2.85. The van der Waals surface area contributed by atoms with Crippen molar-refractivity contribution in [3.05, 3.63) is 54.1 Å². The van der Waals surface area contributed by atoms with Crippen molar-refractivity contribution in [3.8, 4) is 11.4 Å². The standard InChI is InChI=1S/C15H12F3N5O2S/c1-23-14(19-21-22-23)10-5-4-6-11(9-10)20-26(24,25)13-8-3-2-7-12(13)15(16,17)18/h2-9,20H,1H3. The molecule has 1 N–H and O–H groups in total. The predicted molar refractivity (Wildman–Crippen MR) is 86.5 cm³/mol. The van der Waals surface area contributed by atoms with Gasteiger partial charge in [-0.15, -0.1) is 5.10 Å². The molecule has 0 unspecified atom stereocenters. The van der Waals surface area contributed by atoms with E-state index in [1.54, 1.807) is 13.1 Å². The molecular formula is C15H12F3N5O2S. The van der Waals surface area contributed by atoms with E-state index in [-0.39, 0.29) is 5.69 Å². The van der Waals surface area contributed by atoms with Crippen LogP contribution in [0.1, 0.15) is 5.56 Å². The van der Waals surface area contributed by atoms with Gasteiger partial charge >= 0.3 is 6.18 Å². The van der Waals surface area contributed by atoms with Gasteiger partial charge in [-0.3, -0.25) is 4.72 Å². The number of rotatable bonds is 4. The first kappa shape index (κ1) is 17.9. The van der Waals surface area contributed by atoms with E-state index in [0.29, 0.717) is 11.4 Å². The van der Waals surface area contributed by atoms with Crippen LogP contribution in [0.5, 0.6) is 0 Å². The van der Waals surface area contributed by atoms with Crippen molar-refractivity contribution in [1.82, 2.24) is 20.2 Å². The number of nitrogens with zero attached hydrogens (tertiary/aromatic N) is 4. The maximum atomic E-state index is 13.1. The number of tetrazole rings is 1. The van der Waals surface area contributed by atoms with Gasteiger partial charge in [-0.25, -0.2) is 13.1 Å². The molecule has 0 radical (unpaired) electrons. The Morgan fingerprint density at radius 1 is 1.08 bits per heavy atom. The number of hydrogen-bond acceptors (Lipinski definition) is 5. The van der Waals surface area contributed by atoms with Crippen molar-refractivity contribution in [3.63, 3.8) is 0 Å². The fraction of sp³-hybridized carbons (Fsp3) is 0.133. The van der Waals surface area contributed by atoms with Crippen LogP contribution in [-0.2, 0) is 23.2 Å². The average molecular weight is 383 g/mol. The zero-order valence-electron chi connectivity index (χ0n) is 13.3. The predicted octanol–water partition coefficient (Wildman–Crippen LogP) is 2.70. The van der Waals surface area contributed by atoms with Gasteiger partial charge in [0, 0.05) is 18.3 Å². The molecule has 0 saturated heterocycles. The number of halogens is 3. The van der Waals surface area contributed by atoms with Crippen LogP contribution in [0.3, 0.4) is 0 Å². The van der Waals surface area contributed by atoms with E-state index >= 15 is 0 Å². The maximum absolute atomic E-state index is 13.1. The largest absolute Gasteiger partial charge is 0.417 e. The summed E-state index contributed by atoms with van der Waals surface area (Å²) in [5.74, 6) is 0.377. The third kappa shape index (κ3) is 3.52. The lowest BCUT2D eigenvalue weighted by Gasteiger charge is -2.14. The number of nitrogens with one attached hydrogen (secondary N) is 1. The van der Waals surface area contributed by atoms with Crippen LogP contribution in [0.15, 0.2) is 53.4 Å². The Hall–Kier alpha value is -2.95. The zero-order valence-corrected chi connectivity index (χ0v) is 14.1. The minimum absolute atomic E-state index is 0.0856. The average Bonchev–Trinajstić information content (AvgIpc) is 3.00. The van der Waals surface area contributed by atoms with Gasteiger partial charge in [0.1, 0.15) is 0 Å². The fourth-order valence-electron chi connectivity index (χ4n) is 2.34. The van der Waals surface area contributed by atoms with Crippen LogP contribution in [0.2, 0.25) is 0 Å². The Bertz CT molecular complexity index is 1050. The second-order valence-corrected chi connectivity index (χ2v) is 6.96. The summed E-state index contributed by atoms with van der Waals surface area (Å²) in [4.78, 5) is -0.849. The molecule has 0 saturated carbocycles. The number of aromatic nitrogens is 4. The molecule has 0 aliphatic heterocycles. The van der Waals surface area contributed by atoms with Crippen LogP contribution >= 0.6 is 0 Å². The highest BCUT2D eigenvalue weighted by atomic mass is 32.2. The van der Waals surface area contributed by atoms with E-state index in [0.717, 1.165) is 18.2 Å². The Balaban J connectivity index is 1.98. The third-order valence-corrected chi connectivity index (χ3v) is 4.91. The van der Waals surface area contributed by atoms with Gasteiger partial charge in [0.2, 0.25) is 0 Å². The SMILES string of the molecule is Cn1nnnc1-c1cccc(NS(=O)(=O)c2ccccc2C(F)(F)F)c1. The van der Waals surface area contributed by atoms with E-state index in [9.17, 15) is 21.6 Å². The molecule has 0 aliphatic rings. The molecule has 2 aromatic carbocycles. The molecule has 136 valence electrons. The Labute approximate surface area is 146 Å². The summed E-state index contributed by atoms with van der Waals surface area (Å²) in [6, 6.07) is 10.0. The van der Waals surface area contributed by atoms with E-state index < -0.39 is 26.7 Å². The minimum atomic E-state index is -4.79. The lowest BCUT2D eigenvalue weighted by molar-refractivity contribution is -0.139. The normalized spacial score (nSPS) is 12.2. The molecule has 1 aromatic heterocycles. The number of alkyl halides is 3. The molecular weight excluding hydrogens is 371 g/mol. The smallest absolute Gasteiger partial charge is 0.280 e. The monoisotopic (exact) mass is 383 g/mol. The molecule has 0 amide bonds. The molecule has 0 atom stereocenters. The third-order valence-electron chi connectivity index (χ3n) is 3.48. The van der Waals surface area contributed by atoms with E-state index in [2.05, 4.69) is 20.2 Å². The number of sulfonamides is 1. The first-order chi connectivity index (χ1) is 12.2. The molecule has 0 aliphatic carbocycles. The highest BCUT2D eigenvalue weighted by Crippen LogP contribution is 2.34. The van der Waals surface area contributed by atoms with Crippen LogP contribution in [-0.4, -0.2) is 28.6 Å². The van der Waals surface area contributed by atoms with Gasteiger partial charge in [-0.2, -0.15) is 13.2 Å². The van der Waals surface area contributed by atoms with Gasteiger partial charge in [0.25, 0.3) is 10.0 Å². The Morgan fingerprint density at radius 3 is 2.46 bits per heavy atom. The van der Waals surface area contributed by atoms with Gasteiger partial charge in [-0.1, -0.05) is 24.3 Å². The zero-order chi connectivity index (χ0) is 18.9. The summed E-state index contributed by atoms with van der Waals surface area (Å²) in [6.07, 6.45) is -4.79.